The topological polar surface area (TPSA) is 71.5 Å². The third kappa shape index (κ3) is 3.85. The Bertz CT molecular complexity index is 806. The van der Waals surface area contributed by atoms with Crippen molar-refractivity contribution in [1.82, 2.24) is 15.2 Å². The van der Waals surface area contributed by atoms with Crippen LogP contribution in [0.3, 0.4) is 0 Å². The van der Waals surface area contributed by atoms with Crippen LogP contribution in [-0.4, -0.2) is 35.4 Å². The fourth-order valence-electron chi connectivity index (χ4n) is 3.29. The molecule has 1 atom stereocenters. The number of rotatable bonds is 5. The molecule has 0 aliphatic carbocycles. The molecule has 26 heavy (non-hydrogen) atoms. The molecular weight excluding hydrogens is 330 g/mol. The number of methoxy groups -OCH3 is 1. The van der Waals surface area contributed by atoms with Crippen LogP contribution in [0, 0.1) is 0 Å². The van der Waals surface area contributed by atoms with Crippen LogP contribution >= 0.6 is 0 Å². The monoisotopic (exact) mass is 353 g/mol. The highest BCUT2D eigenvalue weighted by atomic mass is 16.5. The third-order valence-electron chi connectivity index (χ3n) is 4.54. The summed E-state index contributed by atoms with van der Waals surface area (Å²) in [5.41, 5.74) is 2.21. The molecule has 3 rings (SSSR count). The molecule has 0 radical (unpaired) electrons. The molecule has 6 nitrogen and oxygen atoms in total. The van der Waals surface area contributed by atoms with E-state index in [1.807, 2.05) is 35.2 Å². The number of benzene rings is 1. The number of hydrogen-bond acceptors (Lipinski definition) is 4. The third-order valence-corrected chi connectivity index (χ3v) is 4.54. The van der Waals surface area contributed by atoms with Crippen molar-refractivity contribution in [2.75, 3.05) is 13.7 Å². The van der Waals surface area contributed by atoms with E-state index < -0.39 is 0 Å². The fraction of sp³-hybridized carbons (Fsp3) is 0.350. The number of nitrogens with zero attached hydrogens (tertiary/aromatic N) is 2. The molecule has 0 bridgehead atoms. The van der Waals surface area contributed by atoms with Crippen LogP contribution in [0.4, 0.5) is 0 Å². The van der Waals surface area contributed by atoms with Crippen LogP contribution in [0.5, 0.6) is 5.75 Å². The Kier molecular flexibility index (Phi) is 5.51. The van der Waals surface area contributed by atoms with Crippen molar-refractivity contribution in [3.63, 3.8) is 0 Å². The summed E-state index contributed by atoms with van der Waals surface area (Å²) >= 11 is 0. The minimum absolute atomic E-state index is 0.0426. The molecule has 1 fully saturated rings. The molecule has 1 aliphatic heterocycles. The van der Waals surface area contributed by atoms with Gasteiger partial charge < -0.3 is 15.0 Å². The van der Waals surface area contributed by atoms with Crippen LogP contribution < -0.4 is 10.1 Å². The SMILES string of the molecule is COc1ccccc1C(=O)N1CCCC1c1cccc(CNC(C)=O)n1. The Balaban J connectivity index is 1.83. The van der Waals surface area contributed by atoms with Crippen molar-refractivity contribution in [3.05, 3.63) is 59.4 Å². The quantitative estimate of drug-likeness (QED) is 0.897. The Morgan fingerprint density at radius 2 is 2.04 bits per heavy atom. The van der Waals surface area contributed by atoms with Gasteiger partial charge in [0, 0.05) is 13.5 Å². The maximum absolute atomic E-state index is 13.1. The van der Waals surface area contributed by atoms with Gasteiger partial charge in [0.2, 0.25) is 5.91 Å². The van der Waals surface area contributed by atoms with E-state index >= 15 is 0 Å². The number of aromatic nitrogens is 1. The molecule has 1 N–H and O–H groups in total. The van der Waals surface area contributed by atoms with Crippen molar-refractivity contribution in [1.29, 1.82) is 0 Å². The molecule has 6 heteroatoms. The highest BCUT2D eigenvalue weighted by Gasteiger charge is 2.32. The maximum Gasteiger partial charge on any atom is 0.258 e. The van der Waals surface area contributed by atoms with E-state index in [4.69, 9.17) is 4.74 Å². The van der Waals surface area contributed by atoms with Crippen molar-refractivity contribution < 1.29 is 14.3 Å². The minimum atomic E-state index is -0.0916. The minimum Gasteiger partial charge on any atom is -0.496 e. The maximum atomic E-state index is 13.1. The van der Waals surface area contributed by atoms with E-state index in [0.29, 0.717) is 24.4 Å². The first-order chi connectivity index (χ1) is 12.6. The smallest absolute Gasteiger partial charge is 0.258 e. The van der Waals surface area contributed by atoms with Gasteiger partial charge in [-0.1, -0.05) is 18.2 Å². The van der Waals surface area contributed by atoms with Crippen LogP contribution in [0.25, 0.3) is 0 Å². The number of amides is 2. The average molecular weight is 353 g/mol. The average Bonchev–Trinajstić information content (AvgIpc) is 3.16. The van der Waals surface area contributed by atoms with Gasteiger partial charge in [-0.3, -0.25) is 14.6 Å². The van der Waals surface area contributed by atoms with Gasteiger partial charge in [0.05, 0.1) is 36.6 Å². The zero-order valence-corrected chi connectivity index (χ0v) is 15.1. The van der Waals surface area contributed by atoms with Gasteiger partial charge in [-0.2, -0.15) is 0 Å². The Hall–Kier alpha value is -2.89. The molecule has 1 aromatic carbocycles. The summed E-state index contributed by atoms with van der Waals surface area (Å²) < 4.78 is 5.34. The number of hydrogen-bond donors (Lipinski definition) is 1. The van der Waals surface area contributed by atoms with Crippen molar-refractivity contribution in [2.45, 2.75) is 32.4 Å². The first kappa shape index (κ1) is 17.9. The summed E-state index contributed by atoms with van der Waals surface area (Å²) in [6.45, 7) is 2.56. The van der Waals surface area contributed by atoms with E-state index in [2.05, 4.69) is 10.3 Å². The largest absolute Gasteiger partial charge is 0.496 e. The number of pyridine rings is 1. The summed E-state index contributed by atoms with van der Waals surface area (Å²) in [5, 5.41) is 2.76. The molecule has 0 saturated carbocycles. The Morgan fingerprint density at radius 1 is 1.23 bits per heavy atom. The Labute approximate surface area is 153 Å². The highest BCUT2D eigenvalue weighted by molar-refractivity contribution is 5.97. The van der Waals surface area contributed by atoms with Crippen molar-refractivity contribution in [3.8, 4) is 5.75 Å². The molecule has 1 saturated heterocycles. The lowest BCUT2D eigenvalue weighted by molar-refractivity contribution is -0.119. The van der Waals surface area contributed by atoms with E-state index in [9.17, 15) is 9.59 Å². The van der Waals surface area contributed by atoms with Gasteiger partial charge in [-0.25, -0.2) is 0 Å². The number of likely N-dealkylation sites (tertiary alicyclic amines) is 1. The molecule has 2 amide bonds. The molecule has 1 aliphatic rings. The number of carbonyl (C=O) groups is 2. The first-order valence-electron chi connectivity index (χ1n) is 8.74. The summed E-state index contributed by atoms with van der Waals surface area (Å²) in [4.78, 5) is 30.7. The molecule has 2 heterocycles. The van der Waals surface area contributed by atoms with Crippen LogP contribution in [0.1, 0.15) is 47.6 Å². The molecule has 2 aromatic rings. The molecule has 1 unspecified atom stereocenters. The molecule has 136 valence electrons. The number of nitrogens with one attached hydrogen (secondary N) is 1. The summed E-state index contributed by atoms with van der Waals surface area (Å²) in [6.07, 6.45) is 1.81. The molecule has 0 spiro atoms. The summed E-state index contributed by atoms with van der Waals surface area (Å²) in [7, 11) is 1.57. The zero-order chi connectivity index (χ0) is 18.5. The van der Waals surface area contributed by atoms with E-state index in [0.717, 1.165) is 24.2 Å². The van der Waals surface area contributed by atoms with Crippen LogP contribution in [0.15, 0.2) is 42.5 Å². The number of carbonyl (C=O) groups excluding carboxylic acids is 2. The predicted molar refractivity (Wildman–Crippen MR) is 97.8 cm³/mol. The van der Waals surface area contributed by atoms with Gasteiger partial charge in [-0.15, -0.1) is 0 Å². The molecular formula is C20H23N3O3. The van der Waals surface area contributed by atoms with Gasteiger partial charge in [0.25, 0.3) is 5.91 Å². The normalized spacial score (nSPS) is 16.4. The summed E-state index contributed by atoms with van der Waals surface area (Å²) in [5.74, 6) is 0.445. The number of ether oxygens (including phenoxy) is 1. The summed E-state index contributed by atoms with van der Waals surface area (Å²) in [6, 6.07) is 12.9. The highest BCUT2D eigenvalue weighted by Crippen LogP contribution is 2.33. The Morgan fingerprint density at radius 3 is 2.81 bits per heavy atom. The van der Waals surface area contributed by atoms with Crippen LogP contribution in [-0.2, 0) is 11.3 Å². The van der Waals surface area contributed by atoms with Crippen LogP contribution in [0.2, 0.25) is 0 Å². The second kappa shape index (κ2) is 7.99. The predicted octanol–water partition coefficient (Wildman–Crippen LogP) is 2.70. The first-order valence-corrected chi connectivity index (χ1v) is 8.74. The van der Waals surface area contributed by atoms with E-state index in [1.165, 1.54) is 6.92 Å². The van der Waals surface area contributed by atoms with Crippen molar-refractivity contribution in [2.24, 2.45) is 0 Å². The zero-order valence-electron chi connectivity index (χ0n) is 15.1. The standard InChI is InChI=1S/C20H23N3O3/c1-14(24)21-13-15-7-5-9-17(22-15)18-10-6-12-23(18)20(25)16-8-3-4-11-19(16)26-2/h3-5,7-9,11,18H,6,10,12-13H2,1-2H3,(H,21,24). The van der Waals surface area contributed by atoms with Gasteiger partial charge in [0.1, 0.15) is 5.75 Å². The second-order valence-electron chi connectivity index (χ2n) is 6.32. The lowest BCUT2D eigenvalue weighted by atomic mass is 10.1. The van der Waals surface area contributed by atoms with E-state index in [1.54, 1.807) is 19.2 Å². The number of para-hydroxylation sites is 1. The van der Waals surface area contributed by atoms with Gasteiger partial charge >= 0.3 is 0 Å². The second-order valence-corrected chi connectivity index (χ2v) is 6.32. The van der Waals surface area contributed by atoms with Gasteiger partial charge in [-0.05, 0) is 37.1 Å². The van der Waals surface area contributed by atoms with Gasteiger partial charge in [0.15, 0.2) is 0 Å². The molecule has 1 aromatic heterocycles. The lowest BCUT2D eigenvalue weighted by Gasteiger charge is -2.25. The lowest BCUT2D eigenvalue weighted by Crippen LogP contribution is -2.31. The fourth-order valence-corrected chi connectivity index (χ4v) is 3.29. The van der Waals surface area contributed by atoms with Crippen molar-refractivity contribution >= 4 is 11.8 Å². The van der Waals surface area contributed by atoms with E-state index in [-0.39, 0.29) is 17.9 Å².